The smallest absolute Gasteiger partial charge is 0.335 e. The maximum Gasteiger partial charge on any atom is 0.335 e. The number of aromatic carboxylic acids is 1. The summed E-state index contributed by atoms with van der Waals surface area (Å²) in [5.41, 5.74) is 0.980. The molecular formula is C14H16O5. The molecule has 0 aliphatic carbocycles. The van der Waals surface area contributed by atoms with Gasteiger partial charge in [0, 0.05) is 19.8 Å². The van der Waals surface area contributed by atoms with Crippen LogP contribution in [0, 0.1) is 0 Å². The van der Waals surface area contributed by atoms with Gasteiger partial charge in [0.15, 0.2) is 0 Å². The van der Waals surface area contributed by atoms with Crippen LogP contribution in [0.15, 0.2) is 24.3 Å². The minimum absolute atomic E-state index is 0.0372. The summed E-state index contributed by atoms with van der Waals surface area (Å²) in [6, 6.07) is 6.22. The summed E-state index contributed by atoms with van der Waals surface area (Å²) in [6.07, 6.45) is 1.11. The van der Waals surface area contributed by atoms with E-state index in [2.05, 4.69) is 0 Å². The fourth-order valence-corrected chi connectivity index (χ4v) is 1.57. The van der Waals surface area contributed by atoms with E-state index >= 15 is 0 Å². The van der Waals surface area contributed by atoms with E-state index in [1.807, 2.05) is 0 Å². The summed E-state index contributed by atoms with van der Waals surface area (Å²) >= 11 is 0. The predicted molar refractivity (Wildman–Crippen MR) is 68.0 cm³/mol. The van der Waals surface area contributed by atoms with Crippen LogP contribution in [0.25, 0.3) is 0 Å². The Kier molecular flexibility index (Phi) is 5.73. The molecule has 0 fully saturated rings. The Labute approximate surface area is 111 Å². The largest absolute Gasteiger partial charge is 0.478 e. The summed E-state index contributed by atoms with van der Waals surface area (Å²) in [4.78, 5) is 32.8. The van der Waals surface area contributed by atoms with Gasteiger partial charge in [-0.15, -0.1) is 0 Å². The molecule has 0 aliphatic rings. The van der Waals surface area contributed by atoms with Crippen molar-refractivity contribution in [3.8, 4) is 0 Å². The van der Waals surface area contributed by atoms with Crippen molar-refractivity contribution in [2.75, 3.05) is 6.61 Å². The van der Waals surface area contributed by atoms with Gasteiger partial charge >= 0.3 is 11.9 Å². The number of ketones is 1. The normalized spacial score (nSPS) is 9.95. The van der Waals surface area contributed by atoms with Gasteiger partial charge in [-0.1, -0.05) is 12.1 Å². The van der Waals surface area contributed by atoms with E-state index in [4.69, 9.17) is 9.84 Å². The first-order valence-corrected chi connectivity index (χ1v) is 5.96. The molecule has 19 heavy (non-hydrogen) atoms. The molecule has 1 N–H and O–H groups in total. The van der Waals surface area contributed by atoms with Gasteiger partial charge in [0.2, 0.25) is 0 Å². The Hall–Kier alpha value is -2.17. The van der Waals surface area contributed by atoms with E-state index in [-0.39, 0.29) is 30.3 Å². The standard InChI is InChI=1S/C14H16O5/c1-10(15)19-8-2-3-13(16)9-11-4-6-12(7-5-11)14(17)18/h4-7H,2-3,8-9H2,1H3,(H,17,18). The van der Waals surface area contributed by atoms with Crippen LogP contribution in [0.3, 0.4) is 0 Å². The molecule has 0 radical (unpaired) electrons. The van der Waals surface area contributed by atoms with Crippen molar-refractivity contribution in [2.24, 2.45) is 0 Å². The van der Waals surface area contributed by atoms with Gasteiger partial charge in [-0.05, 0) is 24.1 Å². The van der Waals surface area contributed by atoms with Crippen molar-refractivity contribution in [1.82, 2.24) is 0 Å². The van der Waals surface area contributed by atoms with Crippen LogP contribution in [-0.2, 0) is 20.7 Å². The molecule has 0 aliphatic heterocycles. The van der Waals surface area contributed by atoms with Crippen LogP contribution < -0.4 is 0 Å². The number of carboxylic acid groups (broad SMARTS) is 1. The lowest BCUT2D eigenvalue weighted by molar-refractivity contribution is -0.141. The van der Waals surface area contributed by atoms with Gasteiger partial charge in [0.05, 0.1) is 12.2 Å². The zero-order valence-electron chi connectivity index (χ0n) is 10.7. The van der Waals surface area contributed by atoms with Crippen LogP contribution in [0.1, 0.15) is 35.7 Å². The fourth-order valence-electron chi connectivity index (χ4n) is 1.57. The fraction of sp³-hybridized carbons (Fsp3) is 0.357. The summed E-state index contributed by atoms with van der Waals surface area (Å²) < 4.78 is 4.73. The molecule has 0 unspecified atom stereocenters. The maximum atomic E-state index is 11.6. The van der Waals surface area contributed by atoms with Crippen LogP contribution >= 0.6 is 0 Å². The molecule has 1 aromatic carbocycles. The third kappa shape index (κ3) is 5.81. The first-order valence-electron chi connectivity index (χ1n) is 5.96. The van der Waals surface area contributed by atoms with Gasteiger partial charge in [-0.3, -0.25) is 9.59 Å². The molecule has 0 saturated heterocycles. The van der Waals surface area contributed by atoms with Crippen LogP contribution in [0.4, 0.5) is 0 Å². The van der Waals surface area contributed by atoms with Gasteiger partial charge in [0.25, 0.3) is 0 Å². The van der Waals surface area contributed by atoms with Crippen molar-refractivity contribution in [3.63, 3.8) is 0 Å². The SMILES string of the molecule is CC(=O)OCCCC(=O)Cc1ccc(C(=O)O)cc1. The number of carbonyl (C=O) groups is 3. The first kappa shape index (κ1) is 14.9. The van der Waals surface area contributed by atoms with Crippen LogP contribution in [0.2, 0.25) is 0 Å². The van der Waals surface area contributed by atoms with Crippen molar-refractivity contribution >= 4 is 17.7 Å². The second-order valence-electron chi connectivity index (χ2n) is 4.16. The van der Waals surface area contributed by atoms with Crippen molar-refractivity contribution in [3.05, 3.63) is 35.4 Å². The Morgan fingerprint density at radius 2 is 1.79 bits per heavy atom. The van der Waals surface area contributed by atoms with Gasteiger partial charge in [-0.2, -0.15) is 0 Å². The summed E-state index contributed by atoms with van der Waals surface area (Å²) in [5, 5.41) is 8.74. The second-order valence-corrected chi connectivity index (χ2v) is 4.16. The highest BCUT2D eigenvalue weighted by atomic mass is 16.5. The zero-order chi connectivity index (χ0) is 14.3. The molecule has 0 aromatic heterocycles. The van der Waals surface area contributed by atoms with Gasteiger partial charge < -0.3 is 9.84 Å². The Morgan fingerprint density at radius 3 is 2.32 bits per heavy atom. The zero-order valence-corrected chi connectivity index (χ0v) is 10.7. The summed E-state index contributed by atoms with van der Waals surface area (Å²) in [6.45, 7) is 1.57. The van der Waals surface area contributed by atoms with Gasteiger partial charge in [0.1, 0.15) is 5.78 Å². The lowest BCUT2D eigenvalue weighted by Crippen LogP contribution is -2.07. The van der Waals surface area contributed by atoms with Crippen LogP contribution in [-0.4, -0.2) is 29.4 Å². The molecule has 0 amide bonds. The van der Waals surface area contributed by atoms with E-state index < -0.39 is 5.97 Å². The van der Waals surface area contributed by atoms with Crippen molar-refractivity contribution < 1.29 is 24.2 Å². The summed E-state index contributed by atoms with van der Waals surface area (Å²) in [7, 11) is 0. The number of benzene rings is 1. The van der Waals surface area contributed by atoms with E-state index in [1.54, 1.807) is 12.1 Å². The van der Waals surface area contributed by atoms with Crippen molar-refractivity contribution in [2.45, 2.75) is 26.2 Å². The van der Waals surface area contributed by atoms with Gasteiger partial charge in [-0.25, -0.2) is 4.79 Å². The molecule has 0 atom stereocenters. The molecule has 5 nitrogen and oxygen atoms in total. The quantitative estimate of drug-likeness (QED) is 0.600. The number of carboxylic acids is 1. The number of hydrogen-bond donors (Lipinski definition) is 1. The summed E-state index contributed by atoms with van der Waals surface area (Å²) in [5.74, 6) is -1.30. The monoisotopic (exact) mass is 264 g/mol. The predicted octanol–water partition coefficient (Wildman–Crippen LogP) is 1.84. The highest BCUT2D eigenvalue weighted by Crippen LogP contribution is 2.07. The molecule has 102 valence electrons. The lowest BCUT2D eigenvalue weighted by atomic mass is 10.0. The van der Waals surface area contributed by atoms with Crippen LogP contribution in [0.5, 0.6) is 0 Å². The lowest BCUT2D eigenvalue weighted by Gasteiger charge is -2.03. The molecule has 5 heteroatoms. The molecule has 0 heterocycles. The molecule has 0 bridgehead atoms. The van der Waals surface area contributed by atoms with E-state index in [0.29, 0.717) is 12.8 Å². The third-order valence-corrected chi connectivity index (χ3v) is 2.51. The average Bonchev–Trinajstić information content (AvgIpc) is 2.35. The minimum Gasteiger partial charge on any atom is -0.478 e. The third-order valence-electron chi connectivity index (χ3n) is 2.51. The van der Waals surface area contributed by atoms with Crippen molar-refractivity contribution in [1.29, 1.82) is 0 Å². The highest BCUT2D eigenvalue weighted by molar-refractivity contribution is 5.88. The number of ether oxygens (including phenoxy) is 1. The molecule has 0 spiro atoms. The molecule has 0 saturated carbocycles. The Balaban J connectivity index is 2.35. The number of rotatable bonds is 7. The van der Waals surface area contributed by atoms with E-state index in [0.717, 1.165) is 5.56 Å². The number of Topliss-reactive ketones (excluding diaryl/α,β-unsaturated/α-hetero) is 1. The molecule has 1 rings (SSSR count). The Morgan fingerprint density at radius 1 is 1.16 bits per heavy atom. The number of carbonyl (C=O) groups excluding carboxylic acids is 2. The van der Waals surface area contributed by atoms with E-state index in [1.165, 1.54) is 19.1 Å². The maximum absolute atomic E-state index is 11.6. The first-order chi connectivity index (χ1) is 8.99. The second kappa shape index (κ2) is 7.31. The topological polar surface area (TPSA) is 80.7 Å². The number of hydrogen-bond acceptors (Lipinski definition) is 4. The number of esters is 1. The molecular weight excluding hydrogens is 248 g/mol. The van der Waals surface area contributed by atoms with E-state index in [9.17, 15) is 14.4 Å². The Bertz CT molecular complexity index is 461. The average molecular weight is 264 g/mol. The highest BCUT2D eigenvalue weighted by Gasteiger charge is 2.06. The minimum atomic E-state index is -0.987. The molecule has 1 aromatic rings.